The summed E-state index contributed by atoms with van der Waals surface area (Å²) in [7, 11) is 2.78. The van der Waals surface area contributed by atoms with Gasteiger partial charge in [0, 0.05) is 30.9 Å². The normalized spacial score (nSPS) is 11.3. The molecule has 146 valence electrons. The number of carbonyl (C=O) groups is 1. The van der Waals surface area contributed by atoms with Gasteiger partial charge in [0.1, 0.15) is 5.82 Å². The lowest BCUT2D eigenvalue weighted by Gasteiger charge is -2.31. The van der Waals surface area contributed by atoms with E-state index in [2.05, 4.69) is 37.6 Å². The Labute approximate surface area is 160 Å². The third-order valence-corrected chi connectivity index (χ3v) is 4.53. The number of esters is 1. The summed E-state index contributed by atoms with van der Waals surface area (Å²) in [5, 5.41) is 0. The van der Waals surface area contributed by atoms with Gasteiger partial charge in [-0.25, -0.2) is 14.2 Å². The smallest absolute Gasteiger partial charge is 0.340 e. The zero-order valence-corrected chi connectivity index (χ0v) is 16.7. The molecule has 2 aromatic rings. The number of halogens is 1. The van der Waals surface area contributed by atoms with Crippen molar-refractivity contribution in [3.05, 3.63) is 47.4 Å². The lowest BCUT2D eigenvalue weighted by molar-refractivity contribution is 0.0595. The van der Waals surface area contributed by atoms with Crippen molar-refractivity contribution in [2.24, 2.45) is 0 Å². The fraction of sp³-hybridized carbons (Fsp3) is 0.429. The van der Waals surface area contributed by atoms with Gasteiger partial charge in [-0.2, -0.15) is 0 Å². The molecule has 0 radical (unpaired) electrons. The molecule has 0 saturated heterocycles. The Morgan fingerprint density at radius 1 is 1.15 bits per heavy atom. The predicted octanol–water partition coefficient (Wildman–Crippen LogP) is 4.30. The molecule has 2 rings (SSSR count). The first-order chi connectivity index (χ1) is 12.8. The van der Waals surface area contributed by atoms with Gasteiger partial charge in [0.15, 0.2) is 0 Å². The van der Waals surface area contributed by atoms with E-state index < -0.39 is 11.8 Å². The van der Waals surface area contributed by atoms with Crippen LogP contribution in [-0.2, 0) is 11.3 Å². The van der Waals surface area contributed by atoms with Crippen molar-refractivity contribution in [2.75, 3.05) is 14.2 Å². The zero-order chi connectivity index (χ0) is 20.1. The lowest BCUT2D eigenvalue weighted by Crippen LogP contribution is -2.36. The van der Waals surface area contributed by atoms with Gasteiger partial charge in [0.05, 0.1) is 19.8 Å². The summed E-state index contributed by atoms with van der Waals surface area (Å²) < 4.78 is 24.6. The van der Waals surface area contributed by atoms with E-state index in [0.29, 0.717) is 18.0 Å². The van der Waals surface area contributed by atoms with Crippen molar-refractivity contribution < 1.29 is 18.7 Å². The summed E-state index contributed by atoms with van der Waals surface area (Å²) >= 11 is 0. The first kappa shape index (κ1) is 20.8. The van der Waals surface area contributed by atoms with Crippen LogP contribution in [0.3, 0.4) is 0 Å². The highest BCUT2D eigenvalue weighted by atomic mass is 19.1. The van der Waals surface area contributed by atoms with Crippen molar-refractivity contribution >= 4 is 5.97 Å². The van der Waals surface area contributed by atoms with Crippen LogP contribution in [0.4, 0.5) is 4.39 Å². The van der Waals surface area contributed by atoms with Gasteiger partial charge in [-0.3, -0.25) is 4.90 Å². The summed E-state index contributed by atoms with van der Waals surface area (Å²) in [5.74, 6) is -0.856. The minimum atomic E-state index is -0.687. The monoisotopic (exact) mass is 374 g/mol. The summed E-state index contributed by atoms with van der Waals surface area (Å²) in [5.41, 5.74) is 2.25. The van der Waals surface area contributed by atoms with Crippen molar-refractivity contribution in [1.82, 2.24) is 9.88 Å². The third kappa shape index (κ3) is 4.83. The largest absolute Gasteiger partial charge is 0.481 e. The van der Waals surface area contributed by atoms with Crippen molar-refractivity contribution in [3.8, 4) is 17.0 Å². The Hall–Kier alpha value is -2.47. The highest BCUT2D eigenvalue weighted by Gasteiger charge is 2.21. The van der Waals surface area contributed by atoms with Gasteiger partial charge in [-0.15, -0.1) is 0 Å². The molecular formula is C21H27FN2O3. The molecule has 0 fully saturated rings. The minimum Gasteiger partial charge on any atom is -0.481 e. The third-order valence-electron chi connectivity index (χ3n) is 4.53. The van der Waals surface area contributed by atoms with E-state index in [1.54, 1.807) is 24.4 Å². The van der Waals surface area contributed by atoms with Crippen LogP contribution in [0.1, 0.15) is 43.6 Å². The fourth-order valence-electron chi connectivity index (χ4n) is 3.13. The maximum atomic E-state index is 14.6. The SMILES string of the molecule is COC(=O)c1cc(CN(C(C)C)C(C)C)c(-c2ccnc(OC)c2)cc1F. The standard InChI is InChI=1S/C21H27FN2O3/c1-13(2)24(14(3)4)12-16-9-18(21(25)27-6)19(22)11-17(16)15-7-8-23-20(10-15)26-5/h7-11,13-14H,12H2,1-6H3. The van der Waals surface area contributed by atoms with Gasteiger partial charge in [-0.1, -0.05) is 0 Å². The Morgan fingerprint density at radius 3 is 2.37 bits per heavy atom. The minimum absolute atomic E-state index is 0.0651. The van der Waals surface area contributed by atoms with Crippen LogP contribution in [0.25, 0.3) is 11.1 Å². The molecular weight excluding hydrogens is 347 g/mol. The lowest BCUT2D eigenvalue weighted by atomic mass is 9.96. The molecule has 1 aromatic heterocycles. The van der Waals surface area contributed by atoms with Gasteiger partial charge in [0.25, 0.3) is 0 Å². The van der Waals surface area contributed by atoms with Gasteiger partial charge >= 0.3 is 5.97 Å². The highest BCUT2D eigenvalue weighted by Crippen LogP contribution is 2.30. The van der Waals surface area contributed by atoms with E-state index in [1.807, 2.05) is 0 Å². The van der Waals surface area contributed by atoms with Crippen LogP contribution >= 0.6 is 0 Å². The number of pyridine rings is 1. The molecule has 0 spiro atoms. The molecule has 0 bridgehead atoms. The average Bonchev–Trinajstić information content (AvgIpc) is 2.65. The molecule has 0 N–H and O–H groups in total. The van der Waals surface area contributed by atoms with Gasteiger partial charge in [0.2, 0.25) is 5.88 Å². The number of nitrogens with zero attached hydrogens (tertiary/aromatic N) is 2. The number of hydrogen-bond acceptors (Lipinski definition) is 5. The van der Waals surface area contributed by atoms with Crippen molar-refractivity contribution in [2.45, 2.75) is 46.3 Å². The molecule has 0 saturated carbocycles. The second-order valence-electron chi connectivity index (χ2n) is 6.93. The molecule has 1 heterocycles. The molecule has 0 unspecified atom stereocenters. The van der Waals surface area contributed by atoms with Gasteiger partial charge < -0.3 is 9.47 Å². The Bertz CT molecular complexity index is 798. The molecule has 0 aliphatic heterocycles. The number of hydrogen-bond donors (Lipinski definition) is 0. The van der Waals surface area contributed by atoms with Crippen LogP contribution in [0, 0.1) is 5.82 Å². The number of aromatic nitrogens is 1. The average molecular weight is 374 g/mol. The quantitative estimate of drug-likeness (QED) is 0.676. The molecule has 1 aromatic carbocycles. The molecule has 0 amide bonds. The number of methoxy groups -OCH3 is 2. The predicted molar refractivity (Wildman–Crippen MR) is 103 cm³/mol. The maximum Gasteiger partial charge on any atom is 0.340 e. The van der Waals surface area contributed by atoms with Crippen LogP contribution < -0.4 is 4.74 Å². The summed E-state index contributed by atoms with van der Waals surface area (Å²) in [4.78, 5) is 18.4. The first-order valence-corrected chi connectivity index (χ1v) is 8.95. The maximum absolute atomic E-state index is 14.6. The second kappa shape index (κ2) is 8.95. The molecule has 5 nitrogen and oxygen atoms in total. The van der Waals surface area contributed by atoms with Crippen molar-refractivity contribution in [1.29, 1.82) is 0 Å². The Kier molecular flexibility index (Phi) is 6.91. The number of benzene rings is 1. The topological polar surface area (TPSA) is 51.7 Å². The van der Waals surface area contributed by atoms with E-state index in [-0.39, 0.29) is 17.6 Å². The van der Waals surface area contributed by atoms with E-state index >= 15 is 0 Å². The molecule has 0 atom stereocenters. The summed E-state index contributed by atoms with van der Waals surface area (Å²) in [6.45, 7) is 9.01. The van der Waals surface area contributed by atoms with E-state index in [0.717, 1.165) is 11.1 Å². The number of carbonyl (C=O) groups excluding carboxylic acids is 1. The Morgan fingerprint density at radius 2 is 1.81 bits per heavy atom. The Balaban J connectivity index is 2.63. The van der Waals surface area contributed by atoms with Crippen LogP contribution in [0.5, 0.6) is 5.88 Å². The first-order valence-electron chi connectivity index (χ1n) is 8.95. The van der Waals surface area contributed by atoms with Crippen LogP contribution in [0.2, 0.25) is 0 Å². The molecule has 6 heteroatoms. The molecule has 0 aliphatic carbocycles. The molecule has 27 heavy (non-hydrogen) atoms. The molecule has 0 aliphatic rings. The zero-order valence-electron chi connectivity index (χ0n) is 16.7. The highest BCUT2D eigenvalue weighted by molar-refractivity contribution is 5.91. The fourth-order valence-corrected chi connectivity index (χ4v) is 3.13. The van der Waals surface area contributed by atoms with E-state index in [4.69, 9.17) is 9.47 Å². The van der Waals surface area contributed by atoms with Crippen molar-refractivity contribution in [3.63, 3.8) is 0 Å². The number of ether oxygens (including phenoxy) is 2. The summed E-state index contributed by atoms with van der Waals surface area (Å²) in [6.07, 6.45) is 1.62. The number of rotatable bonds is 7. The second-order valence-corrected chi connectivity index (χ2v) is 6.93. The van der Waals surface area contributed by atoms with E-state index in [9.17, 15) is 9.18 Å². The summed E-state index contributed by atoms with van der Waals surface area (Å²) in [6, 6.07) is 7.10. The van der Waals surface area contributed by atoms with Gasteiger partial charge in [-0.05, 0) is 62.6 Å². The van der Waals surface area contributed by atoms with Crippen LogP contribution in [-0.4, -0.2) is 42.2 Å². The van der Waals surface area contributed by atoms with Crippen LogP contribution in [0.15, 0.2) is 30.5 Å². The van der Waals surface area contributed by atoms with E-state index in [1.165, 1.54) is 20.3 Å².